The topological polar surface area (TPSA) is 59.2 Å². The van der Waals surface area contributed by atoms with Crippen LogP contribution in [0.25, 0.3) is 0 Å². The molecule has 4 nitrogen and oxygen atoms in total. The third kappa shape index (κ3) is 3.05. The van der Waals surface area contributed by atoms with E-state index in [2.05, 4.69) is 4.98 Å². The Balaban J connectivity index is 2.27. The molecule has 0 unspecified atom stereocenters. The van der Waals surface area contributed by atoms with Gasteiger partial charge in [-0.3, -0.25) is 4.79 Å². The van der Waals surface area contributed by atoms with Gasteiger partial charge >= 0.3 is 0 Å². The molecule has 2 rings (SSSR count). The number of thiazole rings is 1. The van der Waals surface area contributed by atoms with E-state index in [4.69, 9.17) is 5.73 Å². The molecule has 106 valence electrons. The van der Waals surface area contributed by atoms with Gasteiger partial charge in [0.15, 0.2) is 0 Å². The molecular formula is C15H19N3OS. The van der Waals surface area contributed by atoms with Crippen LogP contribution in [0.4, 0.5) is 5.69 Å². The Morgan fingerprint density at radius 2 is 2.15 bits per heavy atom. The Morgan fingerprint density at radius 3 is 2.80 bits per heavy atom. The summed E-state index contributed by atoms with van der Waals surface area (Å²) in [6, 6.07) is 7.88. The molecule has 0 fully saturated rings. The normalized spacial score (nSPS) is 10.6. The van der Waals surface area contributed by atoms with Gasteiger partial charge in [-0.2, -0.15) is 0 Å². The van der Waals surface area contributed by atoms with Crippen molar-refractivity contribution in [3.05, 3.63) is 45.9 Å². The molecule has 0 saturated carbocycles. The number of hydrogen-bond donors (Lipinski definition) is 1. The van der Waals surface area contributed by atoms with Gasteiger partial charge in [-0.25, -0.2) is 4.98 Å². The zero-order valence-corrected chi connectivity index (χ0v) is 12.6. The quantitative estimate of drug-likeness (QED) is 0.920. The monoisotopic (exact) mass is 289 g/mol. The largest absolute Gasteiger partial charge is 0.330 e. The van der Waals surface area contributed by atoms with Gasteiger partial charge in [-0.1, -0.05) is 18.2 Å². The number of aromatic nitrogens is 1. The second-order valence-corrected chi connectivity index (χ2v) is 5.44. The summed E-state index contributed by atoms with van der Waals surface area (Å²) in [6.07, 6.45) is 0.717. The Hall–Kier alpha value is -1.72. The van der Waals surface area contributed by atoms with Gasteiger partial charge in [-0.15, -0.1) is 11.3 Å². The fraction of sp³-hybridized carbons (Fsp3) is 0.333. The molecule has 0 atom stereocenters. The molecule has 0 aliphatic rings. The molecule has 1 heterocycles. The van der Waals surface area contributed by atoms with Crippen molar-refractivity contribution >= 4 is 22.9 Å². The zero-order valence-electron chi connectivity index (χ0n) is 11.8. The van der Waals surface area contributed by atoms with Crippen molar-refractivity contribution in [2.24, 2.45) is 5.73 Å². The van der Waals surface area contributed by atoms with Crippen molar-refractivity contribution in [3.8, 4) is 0 Å². The van der Waals surface area contributed by atoms with Crippen molar-refractivity contribution in [2.75, 3.05) is 18.0 Å². The molecule has 0 radical (unpaired) electrons. The molecule has 0 aliphatic heterocycles. The molecule has 0 bridgehead atoms. The molecule has 2 aromatic rings. The molecule has 0 aliphatic carbocycles. The number of carbonyl (C=O) groups excluding carboxylic acids is 1. The number of para-hydroxylation sites is 1. The van der Waals surface area contributed by atoms with Crippen LogP contribution in [-0.4, -0.2) is 24.0 Å². The van der Waals surface area contributed by atoms with E-state index in [0.29, 0.717) is 25.2 Å². The Kier molecular flexibility index (Phi) is 4.87. The average molecular weight is 289 g/mol. The lowest BCUT2D eigenvalue weighted by Gasteiger charge is -2.21. The van der Waals surface area contributed by atoms with Crippen LogP contribution in [0.1, 0.15) is 28.0 Å². The zero-order chi connectivity index (χ0) is 14.5. The second-order valence-electron chi connectivity index (χ2n) is 4.50. The molecule has 0 spiro atoms. The minimum atomic E-state index is -0.0543. The van der Waals surface area contributed by atoms with E-state index < -0.39 is 0 Å². The Morgan fingerprint density at radius 1 is 1.40 bits per heavy atom. The van der Waals surface area contributed by atoms with E-state index in [1.165, 1.54) is 11.3 Å². The van der Waals surface area contributed by atoms with E-state index in [0.717, 1.165) is 16.3 Å². The predicted octanol–water partition coefficient (Wildman–Crippen LogP) is 2.62. The first-order valence-electron chi connectivity index (χ1n) is 6.69. The van der Waals surface area contributed by atoms with Crippen LogP contribution in [0, 0.1) is 6.92 Å². The van der Waals surface area contributed by atoms with Gasteiger partial charge in [0.1, 0.15) is 5.69 Å². The lowest BCUT2D eigenvalue weighted by molar-refractivity contribution is 0.0984. The highest BCUT2D eigenvalue weighted by Gasteiger charge is 2.19. The van der Waals surface area contributed by atoms with Crippen LogP contribution < -0.4 is 10.6 Å². The molecular weight excluding hydrogens is 270 g/mol. The number of carbonyl (C=O) groups is 1. The number of rotatable bonds is 5. The highest BCUT2D eigenvalue weighted by atomic mass is 32.1. The summed E-state index contributed by atoms with van der Waals surface area (Å²) < 4.78 is 0. The summed E-state index contributed by atoms with van der Waals surface area (Å²) in [4.78, 5) is 18.7. The van der Waals surface area contributed by atoms with Gasteiger partial charge in [0.05, 0.1) is 5.01 Å². The maximum atomic E-state index is 12.6. The third-order valence-electron chi connectivity index (χ3n) is 3.10. The number of amides is 1. The summed E-state index contributed by atoms with van der Waals surface area (Å²) >= 11 is 1.49. The number of hydrogen-bond acceptors (Lipinski definition) is 4. The standard InChI is InChI=1S/C15H19N3OS/c1-3-18(13-7-5-4-6-11(13)2)15(19)12-10-20-14(17-12)8-9-16/h4-7,10H,3,8-9,16H2,1-2H3. The van der Waals surface area contributed by atoms with Crippen molar-refractivity contribution in [1.29, 1.82) is 0 Å². The van der Waals surface area contributed by atoms with Crippen LogP contribution in [-0.2, 0) is 6.42 Å². The lowest BCUT2D eigenvalue weighted by atomic mass is 10.1. The van der Waals surface area contributed by atoms with Crippen molar-refractivity contribution in [2.45, 2.75) is 20.3 Å². The molecule has 1 amide bonds. The van der Waals surface area contributed by atoms with E-state index in [1.807, 2.05) is 43.5 Å². The number of benzene rings is 1. The van der Waals surface area contributed by atoms with Crippen LogP contribution in [0.15, 0.2) is 29.6 Å². The van der Waals surface area contributed by atoms with Crippen molar-refractivity contribution in [3.63, 3.8) is 0 Å². The van der Waals surface area contributed by atoms with Crippen molar-refractivity contribution < 1.29 is 4.79 Å². The van der Waals surface area contributed by atoms with E-state index in [1.54, 1.807) is 4.90 Å². The number of nitrogens with zero attached hydrogens (tertiary/aromatic N) is 2. The molecule has 0 saturated heterocycles. The van der Waals surface area contributed by atoms with Gasteiger partial charge in [0.2, 0.25) is 0 Å². The average Bonchev–Trinajstić information content (AvgIpc) is 2.90. The summed E-state index contributed by atoms with van der Waals surface area (Å²) in [5.74, 6) is -0.0543. The summed E-state index contributed by atoms with van der Waals surface area (Å²) in [6.45, 7) is 5.15. The fourth-order valence-corrected chi connectivity index (χ4v) is 2.86. The summed E-state index contributed by atoms with van der Waals surface area (Å²) in [5, 5.41) is 2.73. The second kappa shape index (κ2) is 6.63. The lowest BCUT2D eigenvalue weighted by Crippen LogP contribution is -2.31. The summed E-state index contributed by atoms with van der Waals surface area (Å²) in [5.41, 5.74) is 8.04. The SMILES string of the molecule is CCN(C(=O)c1csc(CCN)n1)c1ccccc1C. The van der Waals surface area contributed by atoms with E-state index >= 15 is 0 Å². The number of anilines is 1. The van der Waals surface area contributed by atoms with E-state index in [9.17, 15) is 4.79 Å². The minimum Gasteiger partial charge on any atom is -0.330 e. The maximum Gasteiger partial charge on any atom is 0.277 e. The predicted molar refractivity (Wildman–Crippen MR) is 83.4 cm³/mol. The first-order valence-corrected chi connectivity index (χ1v) is 7.57. The van der Waals surface area contributed by atoms with Gasteiger partial charge in [-0.05, 0) is 32.0 Å². The molecule has 5 heteroatoms. The molecule has 2 N–H and O–H groups in total. The number of nitrogens with two attached hydrogens (primary N) is 1. The maximum absolute atomic E-state index is 12.6. The summed E-state index contributed by atoms with van der Waals surface area (Å²) in [7, 11) is 0. The fourth-order valence-electron chi connectivity index (χ4n) is 2.08. The van der Waals surface area contributed by atoms with Gasteiger partial charge < -0.3 is 10.6 Å². The Bertz CT molecular complexity index is 594. The van der Waals surface area contributed by atoms with Gasteiger partial charge in [0.25, 0.3) is 5.91 Å². The molecule has 1 aromatic heterocycles. The van der Waals surface area contributed by atoms with Gasteiger partial charge in [0, 0.05) is 24.0 Å². The first kappa shape index (κ1) is 14.7. The van der Waals surface area contributed by atoms with E-state index in [-0.39, 0.29) is 5.91 Å². The highest BCUT2D eigenvalue weighted by molar-refractivity contribution is 7.09. The van der Waals surface area contributed by atoms with Crippen LogP contribution in [0.2, 0.25) is 0 Å². The van der Waals surface area contributed by atoms with Crippen LogP contribution >= 0.6 is 11.3 Å². The Labute approximate surface area is 123 Å². The van der Waals surface area contributed by atoms with Crippen molar-refractivity contribution in [1.82, 2.24) is 4.98 Å². The molecule has 20 heavy (non-hydrogen) atoms. The minimum absolute atomic E-state index is 0.0543. The first-order chi connectivity index (χ1) is 9.67. The molecule has 1 aromatic carbocycles. The smallest absolute Gasteiger partial charge is 0.277 e. The van der Waals surface area contributed by atoms with Crippen LogP contribution in [0.3, 0.4) is 0 Å². The number of aryl methyl sites for hydroxylation is 1. The highest BCUT2D eigenvalue weighted by Crippen LogP contribution is 2.22. The van der Waals surface area contributed by atoms with Crippen LogP contribution in [0.5, 0.6) is 0 Å². The third-order valence-corrected chi connectivity index (χ3v) is 4.01.